The van der Waals surface area contributed by atoms with Gasteiger partial charge in [0.1, 0.15) is 5.76 Å². The Morgan fingerprint density at radius 1 is 1.44 bits per heavy atom. The van der Waals surface area contributed by atoms with Crippen LogP contribution in [-0.4, -0.2) is 11.0 Å². The molecule has 0 radical (unpaired) electrons. The molecule has 2 heterocycles. The van der Waals surface area contributed by atoms with Crippen molar-refractivity contribution in [3.63, 3.8) is 0 Å². The third kappa shape index (κ3) is 1.79. The van der Waals surface area contributed by atoms with Crippen molar-refractivity contribution in [3.8, 4) is 0 Å². The zero-order valence-corrected chi connectivity index (χ0v) is 9.55. The minimum absolute atomic E-state index is 0.433. The van der Waals surface area contributed by atoms with E-state index in [1.54, 1.807) is 6.20 Å². The number of fused-ring (bicyclic) bond motifs is 1. The Morgan fingerprint density at radius 2 is 2.31 bits per heavy atom. The van der Waals surface area contributed by atoms with Gasteiger partial charge in [-0.25, -0.2) is 4.98 Å². The van der Waals surface area contributed by atoms with Gasteiger partial charge in [0.2, 0.25) is 0 Å². The fourth-order valence-electron chi connectivity index (χ4n) is 1.19. The molecule has 0 saturated heterocycles. The highest BCUT2D eigenvalue weighted by Crippen LogP contribution is 2.31. The van der Waals surface area contributed by atoms with Gasteiger partial charge in [-0.05, 0) is 30.2 Å². The lowest BCUT2D eigenvalue weighted by molar-refractivity contribution is 0.417. The van der Waals surface area contributed by atoms with Crippen molar-refractivity contribution in [2.24, 2.45) is 4.99 Å². The number of nitrogens with one attached hydrogen (secondary N) is 1. The number of nitrogens with zero attached hydrogens (tertiary/aromatic N) is 2. The summed E-state index contributed by atoms with van der Waals surface area (Å²) in [6.07, 6.45) is 7.19. The molecule has 0 saturated carbocycles. The molecular weight excluding hydrogens is 246 g/mol. The largest absolute Gasteiger partial charge is 0.425 e. The second-order valence-corrected chi connectivity index (χ2v) is 4.41. The molecule has 80 valence electrons. The minimum atomic E-state index is 0.433. The fraction of sp³-hybridized carbons (Fsp3) is 0. The summed E-state index contributed by atoms with van der Waals surface area (Å²) in [6.45, 7) is 0. The van der Waals surface area contributed by atoms with Crippen LogP contribution in [0.5, 0.6) is 0 Å². The second kappa shape index (κ2) is 3.84. The highest BCUT2D eigenvalue weighted by atomic mass is 35.5. The van der Waals surface area contributed by atoms with Crippen LogP contribution in [0.3, 0.4) is 0 Å². The number of amidine groups is 1. The van der Waals surface area contributed by atoms with E-state index in [-0.39, 0.29) is 0 Å². The van der Waals surface area contributed by atoms with Crippen molar-refractivity contribution in [3.05, 3.63) is 41.3 Å². The number of allylic oxidation sites excluding steroid dienone is 3. The number of pyridine rings is 1. The lowest BCUT2D eigenvalue weighted by atomic mass is 10.3. The third-order valence-electron chi connectivity index (χ3n) is 1.99. The zero-order valence-electron chi connectivity index (χ0n) is 7.98. The molecule has 0 unspecified atom stereocenters. The van der Waals surface area contributed by atoms with Crippen molar-refractivity contribution in [1.82, 2.24) is 9.71 Å². The van der Waals surface area contributed by atoms with Gasteiger partial charge in [-0.2, -0.15) is 4.99 Å². The zero-order chi connectivity index (χ0) is 11.0. The van der Waals surface area contributed by atoms with Crippen molar-refractivity contribution < 1.29 is 4.74 Å². The van der Waals surface area contributed by atoms with E-state index in [2.05, 4.69) is 14.7 Å². The Balaban J connectivity index is 1.86. The summed E-state index contributed by atoms with van der Waals surface area (Å²) < 4.78 is 8.41. The molecule has 1 aliphatic heterocycles. The van der Waals surface area contributed by atoms with E-state index in [9.17, 15) is 0 Å². The van der Waals surface area contributed by atoms with Gasteiger partial charge in [0.25, 0.3) is 0 Å². The maximum atomic E-state index is 5.83. The van der Waals surface area contributed by atoms with E-state index >= 15 is 0 Å². The van der Waals surface area contributed by atoms with Crippen LogP contribution in [0.1, 0.15) is 0 Å². The number of hydrogen-bond acceptors (Lipinski definition) is 5. The molecule has 0 fully saturated rings. The summed E-state index contributed by atoms with van der Waals surface area (Å²) in [5, 5.41) is 0.595. The van der Waals surface area contributed by atoms with Gasteiger partial charge in [0, 0.05) is 6.20 Å². The van der Waals surface area contributed by atoms with Crippen molar-refractivity contribution >= 4 is 35.4 Å². The smallest absolute Gasteiger partial charge is 0.307 e. The number of halogens is 1. The van der Waals surface area contributed by atoms with Crippen molar-refractivity contribution in [1.29, 1.82) is 0 Å². The standard InChI is InChI=1S/C10H6ClN3OS/c11-6-4-8-9(12-5-6)13-10(14-16-8)15-7-2-1-3-7/h1-5H,(H,12,13,14). The Morgan fingerprint density at radius 3 is 3.06 bits per heavy atom. The number of ether oxygens (including phenoxy) is 1. The summed E-state index contributed by atoms with van der Waals surface area (Å²) in [5.41, 5.74) is 0. The van der Waals surface area contributed by atoms with E-state index in [0.29, 0.717) is 16.9 Å². The number of rotatable bonds is 1. The molecule has 1 aromatic rings. The van der Waals surface area contributed by atoms with Crippen LogP contribution in [0.4, 0.5) is 5.82 Å². The molecule has 0 aromatic carbocycles. The van der Waals surface area contributed by atoms with Gasteiger partial charge < -0.3 is 4.74 Å². The molecule has 1 N–H and O–H groups in total. The summed E-state index contributed by atoms with van der Waals surface area (Å²) >= 11 is 7.21. The molecule has 0 spiro atoms. The first-order valence-electron chi connectivity index (χ1n) is 4.54. The molecular formula is C10H6ClN3OS. The first kappa shape index (κ1) is 9.74. The van der Waals surface area contributed by atoms with Crippen molar-refractivity contribution in [2.45, 2.75) is 4.90 Å². The molecule has 6 heteroatoms. The van der Waals surface area contributed by atoms with Crippen LogP contribution >= 0.6 is 23.5 Å². The van der Waals surface area contributed by atoms with E-state index in [4.69, 9.17) is 16.3 Å². The highest BCUT2D eigenvalue weighted by molar-refractivity contribution is 7.98. The molecule has 0 amide bonds. The number of hydrogen-bond donors (Lipinski definition) is 1. The molecule has 0 bridgehead atoms. The highest BCUT2D eigenvalue weighted by Gasteiger charge is 2.16. The molecule has 2 aliphatic rings. The van der Waals surface area contributed by atoms with Crippen LogP contribution < -0.4 is 4.72 Å². The third-order valence-corrected chi connectivity index (χ3v) is 2.99. The van der Waals surface area contributed by atoms with Crippen LogP contribution in [0, 0.1) is 0 Å². The van der Waals surface area contributed by atoms with Gasteiger partial charge in [0.15, 0.2) is 5.82 Å². The maximum absolute atomic E-state index is 5.83. The number of aromatic nitrogens is 1. The summed E-state index contributed by atoms with van der Waals surface area (Å²) in [5.74, 6) is 1.40. The Bertz CT molecular complexity index is 539. The van der Waals surface area contributed by atoms with Crippen molar-refractivity contribution in [2.75, 3.05) is 0 Å². The average Bonchev–Trinajstić information content (AvgIpc) is 2.23. The van der Waals surface area contributed by atoms with Gasteiger partial charge in [-0.15, -0.1) is 0 Å². The Labute approximate surface area is 101 Å². The molecule has 1 aliphatic carbocycles. The molecule has 0 atom stereocenters. The summed E-state index contributed by atoms with van der Waals surface area (Å²) in [6, 6.07) is 2.24. The predicted octanol–water partition coefficient (Wildman–Crippen LogP) is 2.80. The van der Waals surface area contributed by atoms with E-state index in [1.807, 2.05) is 24.3 Å². The fourth-order valence-corrected chi connectivity index (χ4v) is 2.07. The number of aliphatic imine (C=N–C) groups is 1. The van der Waals surface area contributed by atoms with E-state index in [0.717, 1.165) is 10.7 Å². The van der Waals surface area contributed by atoms with Crippen LogP contribution in [0.2, 0.25) is 5.02 Å². The van der Waals surface area contributed by atoms with Crippen LogP contribution in [0.25, 0.3) is 0 Å². The molecule has 16 heavy (non-hydrogen) atoms. The van der Waals surface area contributed by atoms with E-state index < -0.39 is 0 Å². The van der Waals surface area contributed by atoms with Gasteiger partial charge in [-0.3, -0.25) is 4.72 Å². The first-order chi connectivity index (χ1) is 7.81. The second-order valence-electron chi connectivity index (χ2n) is 3.13. The molecule has 1 aromatic heterocycles. The quantitative estimate of drug-likeness (QED) is 0.780. The summed E-state index contributed by atoms with van der Waals surface area (Å²) in [7, 11) is 0. The van der Waals surface area contributed by atoms with Gasteiger partial charge in [0.05, 0.1) is 9.92 Å². The normalized spacial score (nSPS) is 16.6. The Kier molecular flexibility index (Phi) is 2.34. The van der Waals surface area contributed by atoms with Gasteiger partial charge in [-0.1, -0.05) is 17.7 Å². The summed E-state index contributed by atoms with van der Waals surface area (Å²) in [4.78, 5) is 9.24. The maximum Gasteiger partial charge on any atom is 0.307 e. The predicted molar refractivity (Wildman–Crippen MR) is 63.6 cm³/mol. The topological polar surface area (TPSA) is 46.5 Å². The Hall–Kier alpha value is -1.46. The minimum Gasteiger partial charge on any atom is -0.425 e. The lowest BCUT2D eigenvalue weighted by Crippen LogP contribution is -2.22. The molecule has 3 rings (SSSR count). The molecule has 4 nitrogen and oxygen atoms in total. The van der Waals surface area contributed by atoms with Crippen LogP contribution in [0.15, 0.2) is 46.1 Å². The van der Waals surface area contributed by atoms with Gasteiger partial charge >= 0.3 is 6.02 Å². The van der Waals surface area contributed by atoms with Crippen LogP contribution in [-0.2, 0) is 4.74 Å². The average molecular weight is 252 g/mol. The first-order valence-corrected chi connectivity index (χ1v) is 5.74. The SMILES string of the molecule is Clc1cnc2c(c1)SNC(OC1=CC=C1)=N2. The van der Waals surface area contributed by atoms with E-state index in [1.165, 1.54) is 11.9 Å². The monoisotopic (exact) mass is 251 g/mol. The lowest BCUT2D eigenvalue weighted by Gasteiger charge is -2.17.